The summed E-state index contributed by atoms with van der Waals surface area (Å²) < 4.78 is 0. The molecule has 0 amide bonds. The molecule has 0 bridgehead atoms. The summed E-state index contributed by atoms with van der Waals surface area (Å²) in [5, 5.41) is 3.75. The van der Waals surface area contributed by atoms with E-state index in [0.717, 1.165) is 18.9 Å². The van der Waals surface area contributed by atoms with Crippen LogP contribution in [0.3, 0.4) is 0 Å². The molecule has 0 aromatic heterocycles. The Labute approximate surface area is 125 Å². The molecule has 1 unspecified atom stereocenters. The van der Waals surface area contributed by atoms with Gasteiger partial charge in [0.1, 0.15) is 0 Å². The molecular formula is C19H31N. The van der Waals surface area contributed by atoms with E-state index in [1.165, 1.54) is 56.1 Å². The minimum absolute atomic E-state index is 0.557. The predicted octanol–water partition coefficient (Wildman–Crippen LogP) is 5.26. The zero-order chi connectivity index (χ0) is 14.2. The van der Waals surface area contributed by atoms with Crippen molar-refractivity contribution in [3.05, 3.63) is 35.4 Å². The van der Waals surface area contributed by atoms with E-state index in [9.17, 15) is 0 Å². The van der Waals surface area contributed by atoms with Crippen molar-refractivity contribution < 1.29 is 0 Å². The van der Waals surface area contributed by atoms with Gasteiger partial charge in [-0.15, -0.1) is 0 Å². The highest BCUT2D eigenvalue weighted by atomic mass is 14.9. The smallest absolute Gasteiger partial charge is 0.0320 e. The van der Waals surface area contributed by atoms with Gasteiger partial charge in [-0.1, -0.05) is 63.8 Å². The molecule has 1 aromatic rings. The Morgan fingerprint density at radius 1 is 1.10 bits per heavy atom. The third-order valence-corrected chi connectivity index (χ3v) is 4.77. The van der Waals surface area contributed by atoms with Crippen molar-refractivity contribution in [2.75, 3.05) is 6.54 Å². The predicted molar refractivity (Wildman–Crippen MR) is 88.0 cm³/mol. The van der Waals surface area contributed by atoms with Gasteiger partial charge in [0.15, 0.2) is 0 Å². The quantitative estimate of drug-likeness (QED) is 0.681. The Balaban J connectivity index is 1.93. The molecule has 0 saturated heterocycles. The maximum Gasteiger partial charge on any atom is 0.0320 e. The Bertz CT molecular complexity index is 362. The Morgan fingerprint density at radius 2 is 1.80 bits per heavy atom. The molecule has 1 fully saturated rings. The zero-order valence-electron chi connectivity index (χ0n) is 13.3. The van der Waals surface area contributed by atoms with E-state index in [1.807, 2.05) is 0 Å². The SMILES string of the molecule is CCCNC(CCC1CCCC1)c1ccc(CC)cc1. The first-order chi connectivity index (χ1) is 9.83. The highest BCUT2D eigenvalue weighted by molar-refractivity contribution is 5.25. The van der Waals surface area contributed by atoms with Crippen LogP contribution in [0.15, 0.2) is 24.3 Å². The molecule has 0 aliphatic heterocycles. The summed E-state index contributed by atoms with van der Waals surface area (Å²) in [5.74, 6) is 0.996. The number of hydrogen-bond acceptors (Lipinski definition) is 1. The topological polar surface area (TPSA) is 12.0 Å². The van der Waals surface area contributed by atoms with E-state index in [1.54, 1.807) is 0 Å². The van der Waals surface area contributed by atoms with Gasteiger partial charge in [0.05, 0.1) is 0 Å². The molecule has 1 atom stereocenters. The Morgan fingerprint density at radius 3 is 2.40 bits per heavy atom. The second-order valence-electron chi connectivity index (χ2n) is 6.33. The number of benzene rings is 1. The molecule has 1 saturated carbocycles. The monoisotopic (exact) mass is 273 g/mol. The average Bonchev–Trinajstić information content (AvgIpc) is 3.01. The standard InChI is InChI=1S/C19H31N/c1-3-15-20-19(14-11-17-7-5-6-8-17)18-12-9-16(4-2)10-13-18/h9-10,12-13,17,19-20H,3-8,11,14-15H2,1-2H3. The molecule has 0 spiro atoms. The van der Waals surface area contributed by atoms with E-state index < -0.39 is 0 Å². The summed E-state index contributed by atoms with van der Waals surface area (Å²) >= 11 is 0. The molecule has 1 N–H and O–H groups in total. The summed E-state index contributed by atoms with van der Waals surface area (Å²) in [6, 6.07) is 9.82. The molecular weight excluding hydrogens is 242 g/mol. The van der Waals surface area contributed by atoms with Crippen molar-refractivity contribution in [3.8, 4) is 0 Å². The first kappa shape index (κ1) is 15.6. The third-order valence-electron chi connectivity index (χ3n) is 4.77. The third kappa shape index (κ3) is 4.63. The Kier molecular flexibility index (Phi) is 6.59. The lowest BCUT2D eigenvalue weighted by molar-refractivity contribution is 0.412. The van der Waals surface area contributed by atoms with Crippen LogP contribution in [0.2, 0.25) is 0 Å². The minimum atomic E-state index is 0.557. The number of aryl methyl sites for hydroxylation is 1. The molecule has 2 rings (SSSR count). The zero-order valence-corrected chi connectivity index (χ0v) is 13.3. The largest absolute Gasteiger partial charge is 0.310 e. The molecule has 1 aromatic carbocycles. The van der Waals surface area contributed by atoms with Crippen LogP contribution in [-0.2, 0) is 6.42 Å². The van der Waals surface area contributed by atoms with Crippen LogP contribution in [-0.4, -0.2) is 6.54 Å². The van der Waals surface area contributed by atoms with Gasteiger partial charge in [-0.2, -0.15) is 0 Å². The molecule has 112 valence electrons. The van der Waals surface area contributed by atoms with Crippen molar-refractivity contribution >= 4 is 0 Å². The highest BCUT2D eigenvalue weighted by Crippen LogP contribution is 2.31. The molecule has 1 heteroatoms. The summed E-state index contributed by atoms with van der Waals surface area (Å²) in [6.07, 6.45) is 10.9. The number of nitrogens with one attached hydrogen (secondary N) is 1. The minimum Gasteiger partial charge on any atom is -0.310 e. The molecule has 20 heavy (non-hydrogen) atoms. The van der Waals surface area contributed by atoms with Crippen LogP contribution in [0.4, 0.5) is 0 Å². The van der Waals surface area contributed by atoms with E-state index in [4.69, 9.17) is 0 Å². The fourth-order valence-electron chi connectivity index (χ4n) is 3.39. The molecule has 0 radical (unpaired) electrons. The highest BCUT2D eigenvalue weighted by Gasteiger charge is 2.18. The second kappa shape index (κ2) is 8.46. The van der Waals surface area contributed by atoms with E-state index >= 15 is 0 Å². The van der Waals surface area contributed by atoms with Gasteiger partial charge in [0, 0.05) is 6.04 Å². The van der Waals surface area contributed by atoms with Crippen molar-refractivity contribution in [2.45, 2.75) is 71.3 Å². The van der Waals surface area contributed by atoms with Crippen LogP contribution < -0.4 is 5.32 Å². The fourth-order valence-corrected chi connectivity index (χ4v) is 3.39. The van der Waals surface area contributed by atoms with Crippen molar-refractivity contribution in [1.29, 1.82) is 0 Å². The van der Waals surface area contributed by atoms with Gasteiger partial charge in [-0.3, -0.25) is 0 Å². The lowest BCUT2D eigenvalue weighted by Crippen LogP contribution is -2.22. The maximum absolute atomic E-state index is 3.75. The van der Waals surface area contributed by atoms with E-state index in [2.05, 4.69) is 43.4 Å². The summed E-state index contributed by atoms with van der Waals surface area (Å²) in [4.78, 5) is 0. The second-order valence-corrected chi connectivity index (χ2v) is 6.33. The first-order valence-corrected chi connectivity index (χ1v) is 8.65. The Hall–Kier alpha value is -0.820. The fraction of sp³-hybridized carbons (Fsp3) is 0.684. The molecule has 0 heterocycles. The average molecular weight is 273 g/mol. The number of hydrogen-bond donors (Lipinski definition) is 1. The van der Waals surface area contributed by atoms with Gasteiger partial charge in [-0.25, -0.2) is 0 Å². The number of rotatable bonds is 8. The van der Waals surface area contributed by atoms with Gasteiger partial charge >= 0.3 is 0 Å². The molecule has 1 aliphatic carbocycles. The van der Waals surface area contributed by atoms with Crippen LogP contribution >= 0.6 is 0 Å². The van der Waals surface area contributed by atoms with Gasteiger partial charge in [0.2, 0.25) is 0 Å². The van der Waals surface area contributed by atoms with Gasteiger partial charge in [-0.05, 0) is 49.3 Å². The van der Waals surface area contributed by atoms with Crippen molar-refractivity contribution in [1.82, 2.24) is 5.32 Å². The van der Waals surface area contributed by atoms with E-state index in [0.29, 0.717) is 6.04 Å². The molecule has 1 nitrogen and oxygen atoms in total. The van der Waals surface area contributed by atoms with Gasteiger partial charge in [0.25, 0.3) is 0 Å². The van der Waals surface area contributed by atoms with Crippen LogP contribution in [0.1, 0.15) is 76.0 Å². The normalized spacial score (nSPS) is 17.5. The van der Waals surface area contributed by atoms with Crippen molar-refractivity contribution in [2.24, 2.45) is 5.92 Å². The van der Waals surface area contributed by atoms with E-state index in [-0.39, 0.29) is 0 Å². The van der Waals surface area contributed by atoms with Crippen molar-refractivity contribution in [3.63, 3.8) is 0 Å². The maximum atomic E-state index is 3.75. The van der Waals surface area contributed by atoms with Crippen LogP contribution in [0, 0.1) is 5.92 Å². The lowest BCUT2D eigenvalue weighted by Gasteiger charge is -2.21. The van der Waals surface area contributed by atoms with Crippen LogP contribution in [0.5, 0.6) is 0 Å². The van der Waals surface area contributed by atoms with Crippen LogP contribution in [0.25, 0.3) is 0 Å². The molecule has 1 aliphatic rings. The summed E-state index contributed by atoms with van der Waals surface area (Å²) in [5.41, 5.74) is 2.92. The first-order valence-electron chi connectivity index (χ1n) is 8.65. The van der Waals surface area contributed by atoms with Gasteiger partial charge < -0.3 is 5.32 Å². The summed E-state index contributed by atoms with van der Waals surface area (Å²) in [6.45, 7) is 5.61. The lowest BCUT2D eigenvalue weighted by atomic mass is 9.94. The summed E-state index contributed by atoms with van der Waals surface area (Å²) in [7, 11) is 0.